The van der Waals surface area contributed by atoms with Gasteiger partial charge in [0.2, 0.25) is 5.95 Å². The van der Waals surface area contributed by atoms with E-state index in [0.717, 1.165) is 6.07 Å². The number of aromatic nitrogens is 3. The van der Waals surface area contributed by atoms with Gasteiger partial charge in [-0.3, -0.25) is 0 Å². The highest BCUT2D eigenvalue weighted by molar-refractivity contribution is 7.90. The summed E-state index contributed by atoms with van der Waals surface area (Å²) in [6, 6.07) is 5.08. The number of nitrogens with one attached hydrogen (secondary N) is 1. The summed E-state index contributed by atoms with van der Waals surface area (Å²) in [5, 5.41) is 13.0. The third-order valence-electron chi connectivity index (χ3n) is 7.66. The molecule has 216 valence electrons. The number of anilines is 4. The number of fused-ring (bicyclic) bond motifs is 1. The summed E-state index contributed by atoms with van der Waals surface area (Å²) in [5.74, 6) is 0.491. The monoisotopic (exact) mass is 582 g/mol. The molecule has 0 unspecified atom stereocenters. The standard InChI is InChI=1S/C26H30F4N6O3S/c1-15-16(13-40(3,38)39)12-36(15)20-5-4-19(26(28,29)30)17-10-23(32-11-18(17)20)33-22-6-8-31-24(34-22)35-9-7-21(37)25(2,27)14-35/h4-6,8,10-11,15-16,21,37H,7,9,12-14H2,1-3H3,(H,31,32,33,34)/t15-,16-,21-,25+/m1/s1. The molecule has 2 aliphatic rings. The number of rotatable bonds is 6. The minimum absolute atomic E-state index is 0.0129. The van der Waals surface area contributed by atoms with Crippen LogP contribution in [0.3, 0.4) is 0 Å². The average Bonchev–Trinajstić information content (AvgIpc) is 2.86. The maximum atomic E-state index is 14.7. The van der Waals surface area contributed by atoms with Gasteiger partial charge in [0.15, 0.2) is 5.67 Å². The normalized spacial score (nSPS) is 25.6. The van der Waals surface area contributed by atoms with Gasteiger partial charge in [-0.25, -0.2) is 22.8 Å². The first-order chi connectivity index (χ1) is 18.6. The van der Waals surface area contributed by atoms with Crippen LogP contribution in [0.4, 0.5) is 40.8 Å². The quantitative estimate of drug-likeness (QED) is 0.418. The number of benzene rings is 1. The van der Waals surface area contributed by atoms with Crippen molar-refractivity contribution in [2.45, 2.75) is 44.3 Å². The Bertz CT molecular complexity index is 1530. The van der Waals surface area contributed by atoms with Crippen LogP contribution in [-0.2, 0) is 16.0 Å². The molecule has 4 heterocycles. The number of pyridine rings is 1. The molecule has 1 aromatic carbocycles. The van der Waals surface area contributed by atoms with E-state index in [1.165, 1.54) is 43.8 Å². The van der Waals surface area contributed by atoms with E-state index >= 15 is 0 Å². The predicted octanol–water partition coefficient (Wildman–Crippen LogP) is 3.96. The van der Waals surface area contributed by atoms with Gasteiger partial charge in [0.25, 0.3) is 0 Å². The largest absolute Gasteiger partial charge is 0.417 e. The van der Waals surface area contributed by atoms with Crippen molar-refractivity contribution in [3.05, 3.63) is 42.2 Å². The van der Waals surface area contributed by atoms with Gasteiger partial charge in [-0.2, -0.15) is 18.2 Å². The summed E-state index contributed by atoms with van der Waals surface area (Å²) in [5.41, 5.74) is -2.12. The summed E-state index contributed by atoms with van der Waals surface area (Å²) in [4.78, 5) is 16.4. The number of aliphatic hydroxyl groups excluding tert-OH is 1. The van der Waals surface area contributed by atoms with E-state index in [0.29, 0.717) is 24.2 Å². The summed E-state index contributed by atoms with van der Waals surface area (Å²) in [7, 11) is -3.18. The first-order valence-corrected chi connectivity index (χ1v) is 14.8. The van der Waals surface area contributed by atoms with Crippen LogP contribution in [-0.4, -0.2) is 77.9 Å². The summed E-state index contributed by atoms with van der Waals surface area (Å²) in [6.07, 6.45) is -1.53. The molecule has 0 bridgehead atoms. The fourth-order valence-corrected chi connectivity index (χ4v) is 6.55. The molecule has 0 aliphatic carbocycles. The lowest BCUT2D eigenvalue weighted by Crippen LogP contribution is -2.57. The van der Waals surface area contributed by atoms with Crippen molar-refractivity contribution in [3.63, 3.8) is 0 Å². The predicted molar refractivity (Wildman–Crippen MR) is 144 cm³/mol. The lowest BCUT2D eigenvalue weighted by Gasteiger charge is -2.48. The first kappa shape index (κ1) is 28.3. The molecule has 9 nitrogen and oxygen atoms in total. The Hall–Kier alpha value is -3.26. The number of aliphatic hydroxyl groups is 1. The van der Waals surface area contributed by atoms with Crippen LogP contribution >= 0.6 is 0 Å². The second kappa shape index (κ2) is 9.98. The molecule has 0 radical (unpaired) electrons. The average molecular weight is 583 g/mol. The van der Waals surface area contributed by atoms with Crippen LogP contribution in [0.5, 0.6) is 0 Å². The minimum atomic E-state index is -4.62. The van der Waals surface area contributed by atoms with Crippen LogP contribution in [0.2, 0.25) is 0 Å². The zero-order chi connectivity index (χ0) is 29.0. The highest BCUT2D eigenvalue weighted by Crippen LogP contribution is 2.42. The Kier molecular flexibility index (Phi) is 7.06. The van der Waals surface area contributed by atoms with Crippen molar-refractivity contribution in [3.8, 4) is 0 Å². The number of sulfone groups is 1. The van der Waals surface area contributed by atoms with Gasteiger partial charge in [-0.05, 0) is 44.5 Å². The second-order valence-electron chi connectivity index (χ2n) is 10.9. The van der Waals surface area contributed by atoms with Crippen LogP contribution in [0.1, 0.15) is 25.8 Å². The van der Waals surface area contributed by atoms with E-state index in [1.54, 1.807) is 4.90 Å². The lowest BCUT2D eigenvalue weighted by molar-refractivity contribution is -0.136. The number of nitrogens with zero attached hydrogens (tertiary/aromatic N) is 5. The summed E-state index contributed by atoms with van der Waals surface area (Å²) < 4.78 is 80.1. The molecule has 5 rings (SSSR count). The van der Waals surface area contributed by atoms with Crippen LogP contribution in [0.15, 0.2) is 36.7 Å². The maximum absolute atomic E-state index is 14.7. The second-order valence-corrected chi connectivity index (χ2v) is 13.0. The summed E-state index contributed by atoms with van der Waals surface area (Å²) >= 11 is 0. The summed E-state index contributed by atoms with van der Waals surface area (Å²) in [6.45, 7) is 3.81. The van der Waals surface area contributed by atoms with Crippen molar-refractivity contribution < 1.29 is 31.1 Å². The molecule has 40 heavy (non-hydrogen) atoms. The minimum Gasteiger partial charge on any atom is -0.390 e. The Balaban J connectivity index is 1.44. The van der Waals surface area contributed by atoms with Crippen molar-refractivity contribution in [2.75, 3.05) is 46.8 Å². The third-order valence-corrected chi connectivity index (χ3v) is 8.70. The molecule has 0 saturated carbocycles. The molecule has 2 N–H and O–H groups in total. The Morgan fingerprint density at radius 1 is 1.18 bits per heavy atom. The Labute approximate surface area is 229 Å². The molecular weight excluding hydrogens is 552 g/mol. The SMILES string of the molecule is C[C@@H]1[C@@H](CS(C)(=O)=O)CN1c1ccc(C(F)(F)F)c2cc(Nc3ccnc(N4CC[C@@H](O)[C@@](C)(F)C4)n3)ncc12. The third kappa shape index (κ3) is 5.64. The van der Waals surface area contributed by atoms with Gasteiger partial charge >= 0.3 is 6.18 Å². The zero-order valence-electron chi connectivity index (χ0n) is 22.2. The van der Waals surface area contributed by atoms with E-state index in [-0.39, 0.29) is 53.6 Å². The van der Waals surface area contributed by atoms with E-state index in [2.05, 4.69) is 20.3 Å². The molecule has 3 aromatic rings. The molecule has 0 spiro atoms. The van der Waals surface area contributed by atoms with Gasteiger partial charge in [0.1, 0.15) is 21.5 Å². The molecule has 14 heteroatoms. The fourth-order valence-electron chi connectivity index (χ4n) is 5.39. The van der Waals surface area contributed by atoms with E-state index < -0.39 is 33.3 Å². The number of piperidine rings is 1. The lowest BCUT2D eigenvalue weighted by atomic mass is 9.89. The van der Waals surface area contributed by atoms with Gasteiger partial charge < -0.3 is 20.2 Å². The fraction of sp³-hybridized carbons (Fsp3) is 0.500. The molecular formula is C26H30F4N6O3S. The van der Waals surface area contributed by atoms with E-state index in [4.69, 9.17) is 0 Å². The number of halogens is 4. The molecule has 2 fully saturated rings. The number of hydrogen-bond acceptors (Lipinski definition) is 9. The van der Waals surface area contributed by atoms with Crippen molar-refractivity contribution in [1.82, 2.24) is 15.0 Å². The maximum Gasteiger partial charge on any atom is 0.417 e. The number of alkyl halides is 4. The van der Waals surface area contributed by atoms with Crippen molar-refractivity contribution >= 4 is 43.9 Å². The van der Waals surface area contributed by atoms with Gasteiger partial charge in [0, 0.05) is 60.2 Å². The van der Waals surface area contributed by atoms with Crippen molar-refractivity contribution in [1.29, 1.82) is 0 Å². The van der Waals surface area contributed by atoms with Gasteiger partial charge in [-0.1, -0.05) is 0 Å². The Morgan fingerprint density at radius 3 is 2.58 bits per heavy atom. The molecule has 4 atom stereocenters. The van der Waals surface area contributed by atoms with E-state index in [9.17, 15) is 31.1 Å². The topological polar surface area (TPSA) is 112 Å². The highest BCUT2D eigenvalue weighted by Gasteiger charge is 2.41. The highest BCUT2D eigenvalue weighted by atomic mass is 32.2. The van der Waals surface area contributed by atoms with Crippen LogP contribution in [0, 0.1) is 5.92 Å². The van der Waals surface area contributed by atoms with Gasteiger partial charge in [0.05, 0.1) is 24.0 Å². The molecule has 0 amide bonds. The molecule has 2 saturated heterocycles. The smallest absolute Gasteiger partial charge is 0.390 e. The molecule has 2 aliphatic heterocycles. The van der Waals surface area contributed by atoms with E-state index in [1.807, 2.05) is 11.8 Å². The van der Waals surface area contributed by atoms with Crippen LogP contribution in [0.25, 0.3) is 10.8 Å². The Morgan fingerprint density at radius 2 is 1.93 bits per heavy atom. The first-order valence-electron chi connectivity index (χ1n) is 12.8. The van der Waals surface area contributed by atoms with Crippen LogP contribution < -0.4 is 15.1 Å². The number of hydrogen-bond donors (Lipinski definition) is 2. The van der Waals surface area contributed by atoms with Crippen molar-refractivity contribution in [2.24, 2.45) is 5.92 Å². The van der Waals surface area contributed by atoms with Gasteiger partial charge in [-0.15, -0.1) is 0 Å². The molecule has 2 aromatic heterocycles. The zero-order valence-corrected chi connectivity index (χ0v) is 23.0.